The highest BCUT2D eigenvalue weighted by Gasteiger charge is 2.05. The Balaban J connectivity index is 2.84. The van der Waals surface area contributed by atoms with E-state index in [4.69, 9.17) is 0 Å². The molecule has 1 heterocycles. The van der Waals surface area contributed by atoms with Crippen molar-refractivity contribution in [2.75, 3.05) is 0 Å². The summed E-state index contributed by atoms with van der Waals surface area (Å²) in [4.78, 5) is 14.7. The van der Waals surface area contributed by atoms with Gasteiger partial charge in [0.05, 0.1) is 11.0 Å². The van der Waals surface area contributed by atoms with E-state index in [9.17, 15) is 4.79 Å². The average Bonchev–Trinajstić information content (AvgIpc) is 2.44. The molecule has 0 unspecified atom stereocenters. The van der Waals surface area contributed by atoms with Crippen LogP contribution in [-0.2, 0) is 7.05 Å². The number of hydrogen-bond donors (Lipinski definition) is 0. The molecule has 0 atom stereocenters. The number of imidazole rings is 1. The first-order valence-corrected chi connectivity index (χ1v) is 4.59. The molecule has 0 amide bonds. The van der Waals surface area contributed by atoms with Gasteiger partial charge in [-0.05, 0) is 18.2 Å². The van der Waals surface area contributed by atoms with Gasteiger partial charge in [-0.1, -0.05) is 15.9 Å². The lowest BCUT2D eigenvalue weighted by molar-refractivity contribution is 0.111. The molecule has 0 aliphatic heterocycles. The number of aromatic nitrogens is 2. The van der Waals surface area contributed by atoms with Gasteiger partial charge in [-0.25, -0.2) is 4.98 Å². The van der Waals surface area contributed by atoms with E-state index in [0.29, 0.717) is 5.82 Å². The third-order valence-electron chi connectivity index (χ3n) is 1.98. The van der Waals surface area contributed by atoms with E-state index in [1.54, 1.807) is 4.57 Å². The molecular weight excluding hydrogens is 232 g/mol. The minimum atomic E-state index is 0.452. The van der Waals surface area contributed by atoms with Crippen molar-refractivity contribution in [2.45, 2.75) is 0 Å². The first-order valence-electron chi connectivity index (χ1n) is 3.79. The third kappa shape index (κ3) is 1.27. The zero-order valence-electron chi connectivity index (χ0n) is 6.99. The van der Waals surface area contributed by atoms with E-state index in [1.165, 1.54) is 0 Å². The molecule has 3 nitrogen and oxygen atoms in total. The highest BCUT2D eigenvalue weighted by molar-refractivity contribution is 9.10. The van der Waals surface area contributed by atoms with Crippen LogP contribution in [-0.4, -0.2) is 15.8 Å². The Kier molecular flexibility index (Phi) is 1.92. The summed E-state index contributed by atoms with van der Waals surface area (Å²) in [5.41, 5.74) is 1.80. The molecule has 66 valence electrons. The summed E-state index contributed by atoms with van der Waals surface area (Å²) in [7, 11) is 1.82. The third-order valence-corrected chi connectivity index (χ3v) is 2.48. The van der Waals surface area contributed by atoms with Gasteiger partial charge in [0.2, 0.25) is 0 Å². The van der Waals surface area contributed by atoms with Crippen molar-refractivity contribution in [1.29, 1.82) is 0 Å². The molecule has 4 heteroatoms. The number of benzene rings is 1. The summed E-state index contributed by atoms with van der Waals surface area (Å²) >= 11 is 3.37. The topological polar surface area (TPSA) is 34.9 Å². The van der Waals surface area contributed by atoms with E-state index in [0.717, 1.165) is 21.8 Å². The Hall–Kier alpha value is -1.16. The molecule has 0 radical (unpaired) electrons. The largest absolute Gasteiger partial charge is 0.325 e. The Morgan fingerprint density at radius 2 is 2.31 bits per heavy atom. The molecule has 0 aliphatic carbocycles. The summed E-state index contributed by atoms with van der Waals surface area (Å²) in [6.45, 7) is 0. The quantitative estimate of drug-likeness (QED) is 0.714. The van der Waals surface area contributed by atoms with Crippen molar-refractivity contribution in [1.82, 2.24) is 9.55 Å². The van der Waals surface area contributed by atoms with Crippen LogP contribution in [0.25, 0.3) is 11.0 Å². The number of fused-ring (bicyclic) bond motifs is 1. The second-order valence-corrected chi connectivity index (χ2v) is 3.70. The Morgan fingerprint density at radius 3 is 3.00 bits per heavy atom. The lowest BCUT2D eigenvalue weighted by atomic mass is 10.3. The first kappa shape index (κ1) is 8.44. The molecule has 2 rings (SSSR count). The SMILES string of the molecule is Cn1c(C=O)nc2ccc(Br)cc21. The smallest absolute Gasteiger partial charge is 0.185 e. The highest BCUT2D eigenvalue weighted by atomic mass is 79.9. The van der Waals surface area contributed by atoms with Gasteiger partial charge in [-0.3, -0.25) is 4.79 Å². The fourth-order valence-electron chi connectivity index (χ4n) is 1.29. The number of carbonyl (C=O) groups excluding carboxylic acids is 1. The lowest BCUT2D eigenvalue weighted by Gasteiger charge is -1.95. The number of rotatable bonds is 1. The van der Waals surface area contributed by atoms with Crippen LogP contribution in [0.3, 0.4) is 0 Å². The van der Waals surface area contributed by atoms with E-state index < -0.39 is 0 Å². The van der Waals surface area contributed by atoms with Gasteiger partial charge in [-0.2, -0.15) is 0 Å². The molecule has 0 N–H and O–H groups in total. The lowest BCUT2D eigenvalue weighted by Crippen LogP contribution is -1.94. The molecule has 0 spiro atoms. The number of hydrogen-bond acceptors (Lipinski definition) is 2. The first-order chi connectivity index (χ1) is 6.22. The fraction of sp³-hybridized carbons (Fsp3) is 0.111. The van der Waals surface area contributed by atoms with Gasteiger partial charge in [0.15, 0.2) is 12.1 Å². The fourth-order valence-corrected chi connectivity index (χ4v) is 1.64. The molecule has 13 heavy (non-hydrogen) atoms. The summed E-state index contributed by atoms with van der Waals surface area (Å²) in [5.74, 6) is 0.452. The van der Waals surface area contributed by atoms with Crippen molar-refractivity contribution in [3.63, 3.8) is 0 Å². The van der Waals surface area contributed by atoms with Crippen LogP contribution in [0.5, 0.6) is 0 Å². The molecule has 0 saturated carbocycles. The molecule has 2 aromatic rings. The average molecular weight is 239 g/mol. The Morgan fingerprint density at radius 1 is 1.54 bits per heavy atom. The molecular formula is C9H7BrN2O. The molecule has 1 aromatic carbocycles. The van der Waals surface area contributed by atoms with Crippen molar-refractivity contribution in [3.8, 4) is 0 Å². The van der Waals surface area contributed by atoms with E-state index >= 15 is 0 Å². The monoisotopic (exact) mass is 238 g/mol. The van der Waals surface area contributed by atoms with Crippen LogP contribution >= 0.6 is 15.9 Å². The summed E-state index contributed by atoms with van der Waals surface area (Å²) in [6, 6.07) is 5.73. The number of aldehydes is 1. The Labute approximate surface area is 83.5 Å². The Bertz CT molecular complexity index is 476. The van der Waals surface area contributed by atoms with Crippen molar-refractivity contribution >= 4 is 33.2 Å². The number of aryl methyl sites for hydroxylation is 1. The maximum atomic E-state index is 10.6. The minimum Gasteiger partial charge on any atom is -0.325 e. The molecule has 0 saturated heterocycles. The van der Waals surface area contributed by atoms with Crippen LogP contribution in [0.2, 0.25) is 0 Å². The van der Waals surface area contributed by atoms with Crippen molar-refractivity contribution in [2.24, 2.45) is 7.05 Å². The van der Waals surface area contributed by atoms with Gasteiger partial charge in [0.1, 0.15) is 0 Å². The van der Waals surface area contributed by atoms with Crippen LogP contribution in [0.4, 0.5) is 0 Å². The van der Waals surface area contributed by atoms with Crippen molar-refractivity contribution in [3.05, 3.63) is 28.5 Å². The highest BCUT2D eigenvalue weighted by Crippen LogP contribution is 2.19. The maximum absolute atomic E-state index is 10.6. The molecule has 0 bridgehead atoms. The zero-order valence-corrected chi connectivity index (χ0v) is 8.58. The molecule has 0 fully saturated rings. The number of nitrogens with zero attached hydrogens (tertiary/aromatic N) is 2. The van der Waals surface area contributed by atoms with Gasteiger partial charge >= 0.3 is 0 Å². The predicted molar refractivity (Wildman–Crippen MR) is 53.8 cm³/mol. The van der Waals surface area contributed by atoms with E-state index in [2.05, 4.69) is 20.9 Å². The summed E-state index contributed by atoms with van der Waals surface area (Å²) < 4.78 is 2.76. The van der Waals surface area contributed by atoms with Gasteiger partial charge in [-0.15, -0.1) is 0 Å². The zero-order chi connectivity index (χ0) is 9.42. The number of halogens is 1. The van der Waals surface area contributed by atoms with Gasteiger partial charge in [0, 0.05) is 11.5 Å². The summed E-state index contributed by atoms with van der Waals surface area (Å²) in [5, 5.41) is 0. The van der Waals surface area contributed by atoms with Crippen LogP contribution < -0.4 is 0 Å². The van der Waals surface area contributed by atoms with Gasteiger partial charge < -0.3 is 4.57 Å². The van der Waals surface area contributed by atoms with E-state index in [-0.39, 0.29) is 0 Å². The molecule has 0 aliphatic rings. The van der Waals surface area contributed by atoms with Crippen LogP contribution in [0, 0.1) is 0 Å². The van der Waals surface area contributed by atoms with E-state index in [1.807, 2.05) is 25.2 Å². The normalized spacial score (nSPS) is 10.6. The van der Waals surface area contributed by atoms with Crippen molar-refractivity contribution < 1.29 is 4.79 Å². The van der Waals surface area contributed by atoms with Gasteiger partial charge in [0.25, 0.3) is 0 Å². The van der Waals surface area contributed by atoms with Crippen LogP contribution in [0.1, 0.15) is 10.6 Å². The predicted octanol–water partition coefficient (Wildman–Crippen LogP) is 2.15. The molecule has 1 aromatic heterocycles. The number of carbonyl (C=O) groups is 1. The summed E-state index contributed by atoms with van der Waals surface area (Å²) in [6.07, 6.45) is 0.758. The second-order valence-electron chi connectivity index (χ2n) is 2.78. The minimum absolute atomic E-state index is 0.452. The second kappa shape index (κ2) is 2.96. The maximum Gasteiger partial charge on any atom is 0.185 e. The van der Waals surface area contributed by atoms with Crippen LogP contribution in [0.15, 0.2) is 22.7 Å². The standard InChI is InChI=1S/C9H7BrN2O/c1-12-8-4-6(10)2-3-7(8)11-9(12)5-13/h2-5H,1H3.